The smallest absolute Gasteiger partial charge is 0.410 e. The molecule has 22 heteroatoms. The Morgan fingerprint density at radius 1 is 0.856 bits per heavy atom. The molecule has 1 aliphatic carbocycles. The number of urea groups is 1. The summed E-state index contributed by atoms with van der Waals surface area (Å²) >= 11 is 6.47. The minimum Gasteiger partial charge on any atom is -0.468 e. The number of halogens is 3. The lowest BCUT2D eigenvalue weighted by Gasteiger charge is -2.42. The second-order valence-electron chi connectivity index (χ2n) is 27.7. The van der Waals surface area contributed by atoms with Crippen molar-refractivity contribution in [2.24, 2.45) is 11.3 Å². The average Bonchev–Trinajstić information content (AvgIpc) is 0.966. The third kappa shape index (κ3) is 13.6. The van der Waals surface area contributed by atoms with E-state index in [2.05, 4.69) is 73.0 Å². The summed E-state index contributed by atoms with van der Waals surface area (Å²) in [5, 5.41) is 4.06. The Kier molecular flexibility index (Phi) is 19.1. The van der Waals surface area contributed by atoms with Crippen LogP contribution in [0.1, 0.15) is 130 Å². The summed E-state index contributed by atoms with van der Waals surface area (Å²) in [6.07, 6.45) is 7.78. The van der Waals surface area contributed by atoms with E-state index < -0.39 is 31.3 Å². The number of nitrogens with one attached hydrogen (secondary N) is 1. The van der Waals surface area contributed by atoms with Crippen LogP contribution in [0.3, 0.4) is 0 Å². The standard InChI is InChI=1S/C68H87ClF2N10O8Si/c1-42(2)90(43(3)4,44(5)6)32-21-51-55(70)16-12-46-33-50(88-41-86-10)35-52(58(46)51)60-59(71)61-53(36-72-60)62(79-37-48-13-14-49(38-79)81(48)66(85)89-67(7,8)9)75-64(74-61)87-40-68(22-23-68)39-77-30-28-76(29-31-77)24-17-45-18-25-78(26-19-45)63(83)47-11-15-54(69)56(34-47)80-27-20-57(82)73-65(80)84/h11-12,15-16,33-36,42-45,48-49H,13-14,17-20,22-31,37-41H2,1-10H3,(H,73,82,84). The summed E-state index contributed by atoms with van der Waals surface area (Å²) in [5.74, 6) is 3.05. The first-order chi connectivity index (χ1) is 42.9. The first-order valence-electron chi connectivity index (χ1n) is 32.3. The topological polar surface area (TPSA) is 175 Å². The van der Waals surface area contributed by atoms with Crippen molar-refractivity contribution in [3.63, 3.8) is 0 Å². The van der Waals surface area contributed by atoms with Crippen LogP contribution in [-0.4, -0.2) is 177 Å². The molecule has 2 atom stereocenters. The van der Waals surface area contributed by atoms with Crippen molar-refractivity contribution in [3.05, 3.63) is 76.4 Å². The summed E-state index contributed by atoms with van der Waals surface area (Å²) in [6.45, 7) is 27.1. The fourth-order valence-electron chi connectivity index (χ4n) is 14.7. The molecule has 2 unspecified atom stereocenters. The van der Waals surface area contributed by atoms with Crippen molar-refractivity contribution in [1.82, 2.24) is 39.9 Å². The van der Waals surface area contributed by atoms with E-state index in [4.69, 9.17) is 45.5 Å². The molecule has 5 aromatic rings. The third-order valence-corrected chi connectivity index (χ3v) is 26.3. The number of rotatable bonds is 18. The number of nitrogens with zero attached hydrogens (tertiary/aromatic N) is 9. The maximum absolute atomic E-state index is 18.3. The molecule has 2 aromatic heterocycles. The molecule has 0 spiro atoms. The van der Waals surface area contributed by atoms with Gasteiger partial charge in [-0.05, 0) is 137 Å². The average molecular weight is 1270 g/mol. The van der Waals surface area contributed by atoms with Crippen LogP contribution >= 0.6 is 11.6 Å². The Labute approximate surface area is 533 Å². The van der Waals surface area contributed by atoms with Crippen LogP contribution < -0.4 is 24.6 Å². The number of carbonyl (C=O) groups is 4. The van der Waals surface area contributed by atoms with E-state index in [-0.39, 0.29) is 77.9 Å². The number of imide groups is 1. The second kappa shape index (κ2) is 26.5. The number of hydrogen-bond acceptors (Lipinski definition) is 14. The van der Waals surface area contributed by atoms with Crippen LogP contribution in [0.2, 0.25) is 21.6 Å². The molecule has 3 aromatic carbocycles. The number of aromatic nitrogens is 3. The number of ether oxygens (including phenoxy) is 4. The monoisotopic (exact) mass is 1270 g/mol. The predicted molar refractivity (Wildman–Crippen MR) is 348 cm³/mol. The number of carbonyl (C=O) groups excluding carboxylic acids is 4. The molecule has 18 nitrogen and oxygen atoms in total. The first-order valence-corrected chi connectivity index (χ1v) is 34.9. The highest BCUT2D eigenvalue weighted by Gasteiger charge is 2.48. The lowest BCUT2D eigenvalue weighted by Crippen LogP contribution is -2.57. The van der Waals surface area contributed by atoms with Gasteiger partial charge in [0.25, 0.3) is 5.91 Å². The van der Waals surface area contributed by atoms with Gasteiger partial charge in [0.1, 0.15) is 42.3 Å². The molecule has 1 saturated carbocycles. The number of benzene rings is 3. The molecule has 2 bridgehead atoms. The number of likely N-dealkylation sites (tertiary alicyclic amines) is 1. The van der Waals surface area contributed by atoms with Gasteiger partial charge in [-0.2, -0.15) is 9.97 Å². The van der Waals surface area contributed by atoms with Gasteiger partial charge < -0.3 is 38.5 Å². The van der Waals surface area contributed by atoms with E-state index >= 15 is 8.78 Å². The van der Waals surface area contributed by atoms with Gasteiger partial charge in [-0.15, -0.1) is 5.54 Å². The van der Waals surface area contributed by atoms with Crippen LogP contribution in [0.15, 0.2) is 48.7 Å². The quantitative estimate of drug-likeness (QED) is 0.0498. The van der Waals surface area contributed by atoms with E-state index in [1.807, 2.05) is 30.6 Å². The molecule has 11 rings (SSSR count). The van der Waals surface area contributed by atoms with Crippen LogP contribution in [0.5, 0.6) is 11.8 Å². The minimum absolute atomic E-state index is 0.00626. The van der Waals surface area contributed by atoms with E-state index in [0.29, 0.717) is 105 Å². The molecule has 7 heterocycles. The summed E-state index contributed by atoms with van der Waals surface area (Å²) in [5.41, 5.74) is 5.08. The molecule has 5 aliphatic heterocycles. The molecule has 5 amide bonds. The largest absolute Gasteiger partial charge is 0.468 e. The van der Waals surface area contributed by atoms with E-state index in [1.54, 1.807) is 42.6 Å². The van der Waals surface area contributed by atoms with Crippen LogP contribution in [0, 0.1) is 34.4 Å². The van der Waals surface area contributed by atoms with Gasteiger partial charge in [0.15, 0.2) is 12.6 Å². The lowest BCUT2D eigenvalue weighted by molar-refractivity contribution is -0.120. The molecule has 0 radical (unpaired) electrons. The predicted octanol–water partition coefficient (Wildman–Crippen LogP) is 12.1. The normalized spacial score (nSPS) is 20.1. The fraction of sp³-hybridized carbons (Fsp3) is 0.574. The van der Waals surface area contributed by atoms with Crippen molar-refractivity contribution < 1.29 is 46.9 Å². The van der Waals surface area contributed by atoms with Gasteiger partial charge in [-0.3, -0.25) is 29.7 Å². The number of anilines is 2. The highest BCUT2D eigenvalue weighted by Crippen LogP contribution is 2.48. The van der Waals surface area contributed by atoms with E-state index in [1.165, 1.54) is 18.1 Å². The zero-order valence-electron chi connectivity index (χ0n) is 53.9. The van der Waals surface area contributed by atoms with Gasteiger partial charge in [0, 0.05) is 107 Å². The molecule has 6 fully saturated rings. The van der Waals surface area contributed by atoms with Crippen molar-refractivity contribution in [2.45, 2.75) is 148 Å². The molecule has 1 N–H and O–H groups in total. The minimum atomic E-state index is -2.36. The van der Waals surface area contributed by atoms with Gasteiger partial charge >= 0.3 is 18.1 Å². The SMILES string of the molecule is COCOc1cc(-c2ncc3c(N4CC5CCC(C4)N5C(=O)OC(C)(C)C)nc(OCC4(CN5CCN(CCC6CCN(C(=O)c7ccc(Cl)c(N8CCC(=O)NC8=O)c7)CC6)CC5)CC4)nc3c2F)c2c(C#C[Si](C(C)C)(C(C)C)C(C)C)c(F)ccc2c1. The van der Waals surface area contributed by atoms with Crippen molar-refractivity contribution in [1.29, 1.82) is 0 Å². The number of amides is 5. The Hall–Kier alpha value is -6.70. The Morgan fingerprint density at radius 2 is 1.54 bits per heavy atom. The molecule has 90 heavy (non-hydrogen) atoms. The molecular weight excluding hydrogens is 1190 g/mol. The molecular formula is C68H87ClF2N10O8Si. The van der Waals surface area contributed by atoms with Crippen LogP contribution in [0.4, 0.5) is 29.9 Å². The van der Waals surface area contributed by atoms with Crippen LogP contribution in [0.25, 0.3) is 32.9 Å². The number of hydrogen-bond donors (Lipinski definition) is 1. The fourth-order valence-corrected chi connectivity index (χ4v) is 20.2. The summed E-state index contributed by atoms with van der Waals surface area (Å²) in [7, 11) is -0.838. The number of methoxy groups -OCH3 is 1. The lowest BCUT2D eigenvalue weighted by atomic mass is 9.92. The number of piperidine rings is 1. The van der Waals surface area contributed by atoms with E-state index in [0.717, 1.165) is 84.2 Å². The summed E-state index contributed by atoms with van der Waals surface area (Å²) in [4.78, 5) is 78.9. The molecule has 6 aliphatic rings. The zero-order chi connectivity index (χ0) is 64.0. The maximum atomic E-state index is 18.3. The molecule has 5 saturated heterocycles. The molecule has 482 valence electrons. The van der Waals surface area contributed by atoms with Gasteiger partial charge in [-0.25, -0.2) is 18.4 Å². The van der Waals surface area contributed by atoms with Crippen molar-refractivity contribution >= 4 is 76.8 Å². The number of piperazine rings is 2. The van der Waals surface area contributed by atoms with Crippen molar-refractivity contribution in [3.8, 4) is 34.5 Å². The van der Waals surface area contributed by atoms with E-state index in [9.17, 15) is 19.2 Å². The maximum Gasteiger partial charge on any atom is 0.410 e. The number of fused-ring (bicyclic) bond motifs is 4. The Balaban J connectivity index is 0.804. The van der Waals surface area contributed by atoms with Crippen LogP contribution in [-0.2, 0) is 14.3 Å². The van der Waals surface area contributed by atoms with Crippen molar-refractivity contribution in [2.75, 3.05) is 102 Å². The highest BCUT2D eigenvalue weighted by molar-refractivity contribution is 6.90. The summed E-state index contributed by atoms with van der Waals surface area (Å²) < 4.78 is 58.8. The second-order valence-corrected chi connectivity index (χ2v) is 33.7. The third-order valence-electron chi connectivity index (χ3n) is 19.7. The van der Waals surface area contributed by atoms with Gasteiger partial charge in [0.2, 0.25) is 5.91 Å². The van der Waals surface area contributed by atoms with Gasteiger partial charge in [-0.1, -0.05) is 65.1 Å². The first kappa shape index (κ1) is 64.8. The summed E-state index contributed by atoms with van der Waals surface area (Å²) in [6, 6.07) is 10.7. The Bertz CT molecular complexity index is 3580. The number of pyridine rings is 1. The van der Waals surface area contributed by atoms with Gasteiger partial charge in [0.05, 0.1) is 40.4 Å². The Morgan fingerprint density at radius 3 is 2.19 bits per heavy atom. The zero-order valence-corrected chi connectivity index (χ0v) is 55.6. The highest BCUT2D eigenvalue weighted by atomic mass is 35.5.